The molecule has 8 heteroatoms. The van der Waals surface area contributed by atoms with Crippen molar-refractivity contribution in [3.8, 4) is 0 Å². The number of rotatable bonds is 3. The van der Waals surface area contributed by atoms with Gasteiger partial charge in [-0.2, -0.15) is 0 Å². The van der Waals surface area contributed by atoms with Crippen LogP contribution in [0.15, 0.2) is 53.9 Å². The number of hydrogen-bond donors (Lipinski definition) is 0. The molecule has 0 bridgehead atoms. The van der Waals surface area contributed by atoms with Gasteiger partial charge in [-0.05, 0) is 24.3 Å². The van der Waals surface area contributed by atoms with Crippen LogP contribution >= 0.6 is 0 Å². The van der Waals surface area contributed by atoms with Crippen LogP contribution in [0.5, 0.6) is 0 Å². The Kier molecular flexibility index (Phi) is 4.34. The summed E-state index contributed by atoms with van der Waals surface area (Å²) in [6, 6.07) is 5.42. The number of para-hydroxylation sites is 1. The van der Waals surface area contributed by atoms with Crippen LogP contribution in [0, 0.1) is 0 Å². The van der Waals surface area contributed by atoms with Crippen molar-refractivity contribution >= 4 is 28.7 Å². The van der Waals surface area contributed by atoms with Crippen molar-refractivity contribution in [3.05, 3.63) is 53.9 Å². The molecule has 0 unspecified atom stereocenters. The molecule has 0 saturated heterocycles. The third-order valence-corrected chi connectivity index (χ3v) is 3.75. The molecular formula is C17H16N4O4. The van der Waals surface area contributed by atoms with Gasteiger partial charge in [0.2, 0.25) is 0 Å². The highest BCUT2D eigenvalue weighted by molar-refractivity contribution is 6.07. The van der Waals surface area contributed by atoms with Gasteiger partial charge in [-0.15, -0.1) is 5.10 Å². The van der Waals surface area contributed by atoms with Crippen molar-refractivity contribution in [2.75, 3.05) is 19.1 Å². The Bertz CT molecular complexity index is 939. The van der Waals surface area contributed by atoms with Crippen LogP contribution in [0.25, 0.3) is 11.0 Å². The Morgan fingerprint density at radius 1 is 1.08 bits per heavy atom. The average molecular weight is 340 g/mol. The number of fused-ring (bicyclic) bond motifs is 1. The number of hydrogen-bond acceptors (Lipinski definition) is 7. The van der Waals surface area contributed by atoms with Gasteiger partial charge in [-0.3, -0.25) is 0 Å². The molecule has 1 aliphatic heterocycles. The second-order valence-corrected chi connectivity index (χ2v) is 5.17. The second kappa shape index (κ2) is 6.60. The highest BCUT2D eigenvalue weighted by Gasteiger charge is 2.28. The molecule has 1 aromatic heterocycles. The monoisotopic (exact) mass is 340 g/mol. The van der Waals surface area contributed by atoms with E-state index in [0.29, 0.717) is 16.7 Å². The lowest BCUT2D eigenvalue weighted by Gasteiger charge is -2.23. The molecule has 0 saturated carbocycles. The summed E-state index contributed by atoms with van der Waals surface area (Å²) in [7, 11) is 4.26. The van der Waals surface area contributed by atoms with Gasteiger partial charge in [-0.25, -0.2) is 14.3 Å². The maximum Gasteiger partial charge on any atom is 0.355 e. The van der Waals surface area contributed by atoms with Crippen molar-refractivity contribution < 1.29 is 19.1 Å². The number of aryl methyl sites for hydroxylation is 1. The Hall–Kier alpha value is -3.42. The fourth-order valence-corrected chi connectivity index (χ4v) is 2.64. The minimum atomic E-state index is -0.663. The first-order chi connectivity index (χ1) is 12.1. The van der Waals surface area contributed by atoms with Gasteiger partial charge in [0.15, 0.2) is 0 Å². The molecule has 2 heterocycles. The molecular weight excluding hydrogens is 324 g/mol. The normalized spacial score (nSPS) is 14.0. The van der Waals surface area contributed by atoms with Gasteiger partial charge >= 0.3 is 11.9 Å². The van der Waals surface area contributed by atoms with Crippen LogP contribution in [0.3, 0.4) is 0 Å². The number of carbonyl (C=O) groups excluding carboxylic acids is 2. The minimum Gasteiger partial charge on any atom is -0.465 e. The molecule has 3 rings (SSSR count). The highest BCUT2D eigenvalue weighted by atomic mass is 16.5. The number of allylic oxidation sites excluding steroid dienone is 2. The van der Waals surface area contributed by atoms with Crippen LogP contribution in [0.2, 0.25) is 0 Å². The van der Waals surface area contributed by atoms with E-state index in [1.165, 1.54) is 20.3 Å². The molecule has 8 nitrogen and oxygen atoms in total. The van der Waals surface area contributed by atoms with Crippen molar-refractivity contribution in [1.29, 1.82) is 0 Å². The highest BCUT2D eigenvalue weighted by Crippen LogP contribution is 2.31. The third kappa shape index (κ3) is 2.78. The predicted molar refractivity (Wildman–Crippen MR) is 90.3 cm³/mol. The number of anilines is 1. The SMILES string of the molecule is COC(=O)C1=C(C(=O)OC)N(c2cccc3nnn(C)c23)C=CC=C1. The molecule has 0 atom stereocenters. The zero-order chi connectivity index (χ0) is 18.0. The Morgan fingerprint density at radius 2 is 1.84 bits per heavy atom. The van der Waals surface area contributed by atoms with E-state index in [1.807, 2.05) is 6.07 Å². The quantitative estimate of drug-likeness (QED) is 0.782. The maximum absolute atomic E-state index is 12.5. The van der Waals surface area contributed by atoms with E-state index in [-0.39, 0.29) is 11.3 Å². The summed E-state index contributed by atoms with van der Waals surface area (Å²) in [5.74, 6) is -1.30. The van der Waals surface area contributed by atoms with Crippen molar-refractivity contribution in [1.82, 2.24) is 15.0 Å². The van der Waals surface area contributed by atoms with Crippen LogP contribution < -0.4 is 4.90 Å². The number of esters is 2. The van der Waals surface area contributed by atoms with Gasteiger partial charge in [0.25, 0.3) is 0 Å². The van der Waals surface area contributed by atoms with E-state index in [2.05, 4.69) is 10.3 Å². The van der Waals surface area contributed by atoms with Gasteiger partial charge in [0, 0.05) is 13.2 Å². The van der Waals surface area contributed by atoms with E-state index in [0.717, 1.165) is 0 Å². The Morgan fingerprint density at radius 3 is 2.56 bits per heavy atom. The Labute approximate surface area is 143 Å². The summed E-state index contributed by atoms with van der Waals surface area (Å²) >= 11 is 0. The standard InChI is InChI=1S/C17H16N4O4/c1-20-15-12(18-19-20)8-6-9-13(15)21-10-5-4-7-11(16(22)24-2)14(21)17(23)25-3/h4-10H,1-3H3. The number of nitrogens with zero attached hydrogens (tertiary/aromatic N) is 4. The molecule has 2 aromatic rings. The fraction of sp³-hybridized carbons (Fsp3) is 0.176. The van der Waals surface area contributed by atoms with E-state index in [1.54, 1.807) is 47.1 Å². The summed E-state index contributed by atoms with van der Waals surface area (Å²) in [5.41, 5.74) is 2.14. The number of benzene rings is 1. The van der Waals surface area contributed by atoms with Gasteiger partial charge in [0.05, 0.1) is 25.5 Å². The first-order valence-corrected chi connectivity index (χ1v) is 7.42. The lowest BCUT2D eigenvalue weighted by Crippen LogP contribution is -2.27. The Balaban J connectivity index is 2.29. The van der Waals surface area contributed by atoms with Gasteiger partial charge < -0.3 is 14.4 Å². The molecule has 0 fully saturated rings. The van der Waals surface area contributed by atoms with Gasteiger partial charge in [-0.1, -0.05) is 17.4 Å². The van der Waals surface area contributed by atoms with Crippen molar-refractivity contribution in [2.24, 2.45) is 7.05 Å². The fourth-order valence-electron chi connectivity index (χ4n) is 2.64. The molecule has 1 aromatic carbocycles. The van der Waals surface area contributed by atoms with E-state index < -0.39 is 11.9 Å². The van der Waals surface area contributed by atoms with Crippen LogP contribution in [0.4, 0.5) is 5.69 Å². The summed E-state index contributed by atoms with van der Waals surface area (Å²) in [5, 5.41) is 8.09. The third-order valence-electron chi connectivity index (χ3n) is 3.75. The summed E-state index contributed by atoms with van der Waals surface area (Å²) in [6.45, 7) is 0. The summed E-state index contributed by atoms with van der Waals surface area (Å²) in [4.78, 5) is 26.2. The smallest absolute Gasteiger partial charge is 0.355 e. The molecule has 0 N–H and O–H groups in total. The molecule has 0 aliphatic carbocycles. The average Bonchev–Trinajstić information content (AvgIpc) is 2.88. The van der Waals surface area contributed by atoms with Crippen molar-refractivity contribution in [2.45, 2.75) is 0 Å². The summed E-state index contributed by atoms with van der Waals surface area (Å²) in [6.07, 6.45) is 6.54. The minimum absolute atomic E-state index is 0.0491. The van der Waals surface area contributed by atoms with E-state index >= 15 is 0 Å². The van der Waals surface area contributed by atoms with E-state index in [4.69, 9.17) is 9.47 Å². The molecule has 0 amide bonds. The zero-order valence-electron chi connectivity index (χ0n) is 14.0. The lowest BCUT2D eigenvalue weighted by atomic mass is 10.1. The second-order valence-electron chi connectivity index (χ2n) is 5.17. The van der Waals surface area contributed by atoms with Crippen molar-refractivity contribution in [3.63, 3.8) is 0 Å². The lowest BCUT2D eigenvalue weighted by molar-refractivity contribution is -0.139. The first kappa shape index (κ1) is 16.4. The molecule has 25 heavy (non-hydrogen) atoms. The topological polar surface area (TPSA) is 86.6 Å². The predicted octanol–water partition coefficient (Wildman–Crippen LogP) is 1.46. The van der Waals surface area contributed by atoms with E-state index in [9.17, 15) is 9.59 Å². The molecule has 0 spiro atoms. The van der Waals surface area contributed by atoms with Crippen LogP contribution in [-0.2, 0) is 26.1 Å². The first-order valence-electron chi connectivity index (χ1n) is 7.42. The number of methoxy groups -OCH3 is 2. The van der Waals surface area contributed by atoms with Crippen LogP contribution in [-0.4, -0.2) is 41.2 Å². The zero-order valence-corrected chi connectivity index (χ0v) is 14.0. The molecule has 1 aliphatic rings. The van der Waals surface area contributed by atoms with Crippen LogP contribution in [0.1, 0.15) is 0 Å². The van der Waals surface area contributed by atoms with Gasteiger partial charge in [0.1, 0.15) is 16.7 Å². The molecule has 0 radical (unpaired) electrons. The number of ether oxygens (including phenoxy) is 2. The summed E-state index contributed by atoms with van der Waals surface area (Å²) < 4.78 is 11.3. The number of aromatic nitrogens is 3. The molecule has 128 valence electrons. The number of carbonyl (C=O) groups is 2. The largest absolute Gasteiger partial charge is 0.465 e. The maximum atomic E-state index is 12.5.